The van der Waals surface area contributed by atoms with Crippen LogP contribution in [-0.2, 0) is 0 Å². The fourth-order valence-electron chi connectivity index (χ4n) is 2.26. The van der Waals surface area contributed by atoms with E-state index >= 15 is 0 Å². The predicted octanol–water partition coefficient (Wildman–Crippen LogP) is 1.99. The van der Waals surface area contributed by atoms with Crippen LogP contribution in [0.1, 0.15) is 24.4 Å². The smallest absolute Gasteiger partial charge is 0.260 e. The molecule has 0 bridgehead atoms. The Morgan fingerprint density at radius 1 is 1.42 bits per heavy atom. The van der Waals surface area contributed by atoms with Gasteiger partial charge in [-0.25, -0.2) is 15.0 Å². The molecule has 9 heteroatoms. The zero-order valence-corrected chi connectivity index (χ0v) is 13.3. The summed E-state index contributed by atoms with van der Waals surface area (Å²) in [6.07, 6.45) is 1.25. The van der Waals surface area contributed by atoms with E-state index < -0.39 is 6.04 Å². The van der Waals surface area contributed by atoms with Gasteiger partial charge in [0.1, 0.15) is 35.4 Å². The molecule has 0 saturated heterocycles. The summed E-state index contributed by atoms with van der Waals surface area (Å²) in [7, 11) is 0. The van der Waals surface area contributed by atoms with Crippen LogP contribution in [-0.4, -0.2) is 19.9 Å². The van der Waals surface area contributed by atoms with Crippen LogP contribution in [0.4, 0.5) is 11.6 Å². The number of nitrogens with zero attached hydrogens (tertiary/aromatic N) is 4. The zero-order chi connectivity index (χ0) is 17.3. The number of nitrogen functional groups attached to an aromatic ring is 1. The van der Waals surface area contributed by atoms with Crippen LogP contribution in [0.25, 0.3) is 10.9 Å². The van der Waals surface area contributed by atoms with Crippen molar-refractivity contribution in [1.29, 1.82) is 5.26 Å². The Bertz CT molecular complexity index is 1020. The third kappa shape index (κ3) is 2.73. The lowest BCUT2D eigenvalue weighted by atomic mass is 10.2. The number of anilines is 2. The maximum atomic E-state index is 12.2. The molecule has 0 radical (unpaired) electrons. The molecular formula is C15H12ClN7O. The summed E-state index contributed by atoms with van der Waals surface area (Å²) in [5.74, 6) is 0.733. The first-order valence-corrected chi connectivity index (χ1v) is 7.34. The van der Waals surface area contributed by atoms with Crippen LogP contribution < -0.4 is 16.6 Å². The van der Waals surface area contributed by atoms with E-state index in [0.29, 0.717) is 21.7 Å². The van der Waals surface area contributed by atoms with Gasteiger partial charge in [0.2, 0.25) is 0 Å². The highest BCUT2D eigenvalue weighted by Crippen LogP contribution is 2.22. The number of benzene rings is 1. The average Bonchev–Trinajstić information content (AvgIpc) is 2.54. The van der Waals surface area contributed by atoms with E-state index in [4.69, 9.17) is 22.6 Å². The minimum absolute atomic E-state index is 0.0777. The minimum atomic E-state index is -0.428. The summed E-state index contributed by atoms with van der Waals surface area (Å²) in [4.78, 5) is 27.1. The van der Waals surface area contributed by atoms with E-state index in [2.05, 4.69) is 25.3 Å². The standard InChI is InChI=1S/C15H12ClN7O/c1-7(21-14-8(5-17)12(18)19-6-20-14)13-22-10-4-2-3-9(16)11(10)15(24)23-13/h2-4,6-7H,1H3,(H,22,23,24)(H3,18,19,20,21). The molecule has 0 aliphatic rings. The summed E-state index contributed by atoms with van der Waals surface area (Å²) in [5.41, 5.74) is 5.94. The Balaban J connectivity index is 2.01. The molecule has 24 heavy (non-hydrogen) atoms. The summed E-state index contributed by atoms with van der Waals surface area (Å²) >= 11 is 6.04. The number of nitrogens with two attached hydrogens (primary N) is 1. The highest BCUT2D eigenvalue weighted by Gasteiger charge is 2.16. The number of halogens is 1. The molecule has 1 unspecified atom stereocenters. The maximum Gasteiger partial charge on any atom is 0.260 e. The van der Waals surface area contributed by atoms with Crippen molar-refractivity contribution in [2.75, 3.05) is 11.1 Å². The van der Waals surface area contributed by atoms with Gasteiger partial charge in [-0.05, 0) is 19.1 Å². The minimum Gasteiger partial charge on any atom is -0.382 e. The van der Waals surface area contributed by atoms with Gasteiger partial charge in [-0.15, -0.1) is 0 Å². The number of hydrogen-bond acceptors (Lipinski definition) is 7. The number of nitrogens with one attached hydrogen (secondary N) is 2. The first-order valence-electron chi connectivity index (χ1n) is 6.96. The fourth-order valence-corrected chi connectivity index (χ4v) is 2.52. The number of fused-ring (bicyclic) bond motifs is 1. The largest absolute Gasteiger partial charge is 0.382 e. The van der Waals surface area contributed by atoms with Crippen LogP contribution in [0.5, 0.6) is 0 Å². The van der Waals surface area contributed by atoms with E-state index in [1.54, 1.807) is 25.1 Å². The van der Waals surface area contributed by atoms with E-state index in [1.807, 2.05) is 6.07 Å². The molecule has 0 spiro atoms. The molecule has 0 amide bonds. The first-order chi connectivity index (χ1) is 11.5. The Hall–Kier alpha value is -3.18. The van der Waals surface area contributed by atoms with Gasteiger partial charge in [0.15, 0.2) is 0 Å². The normalized spacial score (nSPS) is 11.9. The van der Waals surface area contributed by atoms with Crippen molar-refractivity contribution in [2.24, 2.45) is 0 Å². The highest BCUT2D eigenvalue weighted by molar-refractivity contribution is 6.35. The van der Waals surface area contributed by atoms with Crippen molar-refractivity contribution in [1.82, 2.24) is 19.9 Å². The molecule has 0 saturated carbocycles. The quantitative estimate of drug-likeness (QED) is 0.663. The van der Waals surface area contributed by atoms with Crippen LogP contribution in [0.2, 0.25) is 5.02 Å². The fraction of sp³-hybridized carbons (Fsp3) is 0.133. The van der Waals surface area contributed by atoms with Crippen LogP contribution in [0.3, 0.4) is 0 Å². The molecular weight excluding hydrogens is 330 g/mol. The summed E-state index contributed by atoms with van der Waals surface area (Å²) < 4.78 is 0. The van der Waals surface area contributed by atoms with Gasteiger partial charge in [-0.2, -0.15) is 5.26 Å². The monoisotopic (exact) mass is 341 g/mol. The lowest BCUT2D eigenvalue weighted by molar-refractivity contribution is 0.784. The van der Waals surface area contributed by atoms with Crippen LogP contribution in [0.15, 0.2) is 29.3 Å². The second-order valence-electron chi connectivity index (χ2n) is 5.05. The van der Waals surface area contributed by atoms with E-state index in [-0.39, 0.29) is 22.8 Å². The molecule has 0 aliphatic heterocycles. The molecule has 8 nitrogen and oxygen atoms in total. The van der Waals surface area contributed by atoms with Gasteiger partial charge in [-0.1, -0.05) is 17.7 Å². The summed E-state index contributed by atoms with van der Waals surface area (Å²) in [6, 6.07) is 6.57. The number of nitriles is 1. The Labute approximate surface area is 141 Å². The Morgan fingerprint density at radius 2 is 2.21 bits per heavy atom. The molecule has 0 aliphatic carbocycles. The second kappa shape index (κ2) is 6.14. The maximum absolute atomic E-state index is 12.2. The topological polar surface area (TPSA) is 133 Å². The molecule has 1 aromatic carbocycles. The Morgan fingerprint density at radius 3 is 2.96 bits per heavy atom. The third-order valence-corrected chi connectivity index (χ3v) is 3.77. The number of rotatable bonds is 3. The van der Waals surface area contributed by atoms with Gasteiger partial charge < -0.3 is 16.0 Å². The molecule has 120 valence electrons. The lowest BCUT2D eigenvalue weighted by Gasteiger charge is -2.15. The van der Waals surface area contributed by atoms with Crippen molar-refractivity contribution < 1.29 is 0 Å². The van der Waals surface area contributed by atoms with Crippen molar-refractivity contribution in [3.05, 3.63) is 51.3 Å². The third-order valence-electron chi connectivity index (χ3n) is 3.45. The highest BCUT2D eigenvalue weighted by atomic mass is 35.5. The molecule has 1 atom stereocenters. The van der Waals surface area contributed by atoms with Crippen molar-refractivity contribution >= 4 is 34.1 Å². The van der Waals surface area contributed by atoms with Crippen molar-refractivity contribution in [2.45, 2.75) is 13.0 Å². The van der Waals surface area contributed by atoms with E-state index in [1.165, 1.54) is 6.33 Å². The van der Waals surface area contributed by atoms with Crippen LogP contribution >= 0.6 is 11.6 Å². The molecule has 3 aromatic rings. The molecule has 2 aromatic heterocycles. The average molecular weight is 342 g/mol. The zero-order valence-electron chi connectivity index (χ0n) is 12.5. The van der Waals surface area contributed by atoms with Crippen LogP contribution in [0, 0.1) is 11.3 Å². The number of aromatic amines is 1. The summed E-state index contributed by atoms with van der Waals surface area (Å²) in [5, 5.41) is 12.8. The molecule has 2 heterocycles. The number of H-pyrrole nitrogens is 1. The molecule has 4 N–H and O–H groups in total. The van der Waals surface area contributed by atoms with Gasteiger partial charge >= 0.3 is 0 Å². The number of aromatic nitrogens is 4. The number of hydrogen-bond donors (Lipinski definition) is 3. The Kier molecular flexibility index (Phi) is 4.02. The molecule has 3 rings (SSSR count). The summed E-state index contributed by atoms with van der Waals surface area (Å²) in [6.45, 7) is 1.77. The second-order valence-corrected chi connectivity index (χ2v) is 5.45. The SMILES string of the molecule is CC(Nc1ncnc(N)c1C#N)c1nc2cccc(Cl)c2c(=O)[nH]1. The lowest BCUT2D eigenvalue weighted by Crippen LogP contribution is -2.19. The van der Waals surface area contributed by atoms with Crippen molar-refractivity contribution in [3.63, 3.8) is 0 Å². The van der Waals surface area contributed by atoms with Gasteiger partial charge in [0.25, 0.3) is 5.56 Å². The first kappa shape index (κ1) is 15.7. The molecule has 0 fully saturated rings. The van der Waals surface area contributed by atoms with Gasteiger partial charge in [0.05, 0.1) is 22.0 Å². The van der Waals surface area contributed by atoms with Gasteiger partial charge in [-0.3, -0.25) is 4.79 Å². The predicted molar refractivity (Wildman–Crippen MR) is 90.6 cm³/mol. The van der Waals surface area contributed by atoms with E-state index in [0.717, 1.165) is 0 Å². The van der Waals surface area contributed by atoms with Crippen molar-refractivity contribution in [3.8, 4) is 6.07 Å². The van der Waals surface area contributed by atoms with Gasteiger partial charge in [0, 0.05) is 0 Å². The van der Waals surface area contributed by atoms with E-state index in [9.17, 15) is 4.79 Å².